The zero-order valence-corrected chi connectivity index (χ0v) is 10.0. The maximum absolute atomic E-state index is 11.8. The van der Waals surface area contributed by atoms with Gasteiger partial charge in [0.15, 0.2) is 0 Å². The number of aliphatic hydroxyl groups is 1. The van der Waals surface area contributed by atoms with Crippen LogP contribution in [-0.4, -0.2) is 46.3 Å². The quantitative estimate of drug-likeness (QED) is 0.705. The van der Waals surface area contributed by atoms with Gasteiger partial charge in [0.25, 0.3) is 5.91 Å². The van der Waals surface area contributed by atoms with Crippen molar-refractivity contribution >= 4 is 22.4 Å². The van der Waals surface area contributed by atoms with Gasteiger partial charge in [-0.25, -0.2) is 0 Å². The molecule has 1 heterocycles. The van der Waals surface area contributed by atoms with E-state index in [2.05, 4.69) is 10.2 Å². The molecule has 0 radical (unpaired) electrons. The first-order valence-corrected chi connectivity index (χ1v) is 5.92. The molecule has 0 fully saturated rings. The van der Waals surface area contributed by atoms with Gasteiger partial charge in [-0.1, -0.05) is 11.3 Å². The maximum atomic E-state index is 11.8. The van der Waals surface area contributed by atoms with Crippen LogP contribution in [-0.2, 0) is 0 Å². The number of nitrogens with two attached hydrogens (primary N) is 1. The van der Waals surface area contributed by atoms with E-state index in [-0.39, 0.29) is 12.5 Å². The highest BCUT2D eigenvalue weighted by atomic mass is 32.1. The lowest BCUT2D eigenvalue weighted by atomic mass is 10.2. The fourth-order valence-electron chi connectivity index (χ4n) is 1.22. The molecule has 0 saturated heterocycles. The van der Waals surface area contributed by atoms with Crippen LogP contribution in [0.2, 0.25) is 0 Å². The predicted molar refractivity (Wildman–Crippen MR) is 62.2 cm³/mol. The molecule has 6 nitrogen and oxygen atoms in total. The molecule has 1 aromatic heterocycles. The van der Waals surface area contributed by atoms with Gasteiger partial charge in [0, 0.05) is 20.2 Å². The average Bonchev–Trinajstić information content (AvgIpc) is 2.70. The van der Waals surface area contributed by atoms with Crippen molar-refractivity contribution < 1.29 is 9.90 Å². The Bertz CT molecular complexity index is 342. The van der Waals surface area contributed by atoms with Crippen molar-refractivity contribution in [1.82, 2.24) is 15.1 Å². The van der Waals surface area contributed by atoms with Gasteiger partial charge in [-0.05, 0) is 19.3 Å². The van der Waals surface area contributed by atoms with Gasteiger partial charge in [0.05, 0.1) is 0 Å². The largest absolute Gasteiger partial charge is 0.396 e. The van der Waals surface area contributed by atoms with Crippen LogP contribution >= 0.6 is 11.3 Å². The van der Waals surface area contributed by atoms with Crippen LogP contribution in [0.5, 0.6) is 0 Å². The molecule has 1 aromatic rings. The van der Waals surface area contributed by atoms with Gasteiger partial charge >= 0.3 is 0 Å². The third kappa shape index (κ3) is 3.74. The van der Waals surface area contributed by atoms with Crippen molar-refractivity contribution in [2.75, 3.05) is 25.9 Å². The molecule has 0 unspecified atom stereocenters. The molecule has 16 heavy (non-hydrogen) atoms. The van der Waals surface area contributed by atoms with E-state index in [9.17, 15) is 4.79 Å². The topological polar surface area (TPSA) is 92.3 Å². The molecule has 0 aromatic carbocycles. The number of rotatable bonds is 6. The van der Waals surface area contributed by atoms with Gasteiger partial charge < -0.3 is 15.7 Å². The third-order valence-electron chi connectivity index (χ3n) is 2.12. The fraction of sp³-hybridized carbons (Fsp3) is 0.667. The Kier molecular flexibility index (Phi) is 5.13. The normalized spacial score (nSPS) is 10.4. The Hall–Kier alpha value is -1.21. The van der Waals surface area contributed by atoms with Gasteiger partial charge in [-0.3, -0.25) is 4.79 Å². The summed E-state index contributed by atoms with van der Waals surface area (Å²) in [5, 5.41) is 16.5. The van der Waals surface area contributed by atoms with Gasteiger partial charge in [-0.2, -0.15) is 0 Å². The molecule has 1 rings (SSSR count). The van der Waals surface area contributed by atoms with E-state index < -0.39 is 0 Å². The molecule has 90 valence electrons. The molecule has 0 aliphatic carbocycles. The summed E-state index contributed by atoms with van der Waals surface area (Å²) < 4.78 is 0. The van der Waals surface area contributed by atoms with Crippen LogP contribution in [0.25, 0.3) is 0 Å². The summed E-state index contributed by atoms with van der Waals surface area (Å²) in [6.07, 6.45) is 2.55. The van der Waals surface area contributed by atoms with Crippen LogP contribution in [0, 0.1) is 0 Å². The van der Waals surface area contributed by atoms with E-state index >= 15 is 0 Å². The Balaban J connectivity index is 2.36. The zero-order valence-electron chi connectivity index (χ0n) is 9.22. The van der Waals surface area contributed by atoms with Gasteiger partial charge in [0.2, 0.25) is 10.1 Å². The average molecular weight is 244 g/mol. The lowest BCUT2D eigenvalue weighted by molar-refractivity contribution is 0.0791. The summed E-state index contributed by atoms with van der Waals surface area (Å²) in [5.41, 5.74) is 5.40. The van der Waals surface area contributed by atoms with Crippen LogP contribution in [0.1, 0.15) is 29.1 Å². The van der Waals surface area contributed by atoms with E-state index in [1.54, 1.807) is 11.9 Å². The summed E-state index contributed by atoms with van der Waals surface area (Å²) in [6.45, 7) is 0.850. The molecule has 0 bridgehead atoms. The van der Waals surface area contributed by atoms with Gasteiger partial charge in [-0.15, -0.1) is 10.2 Å². The molecule has 3 N–H and O–H groups in total. The fourth-order valence-corrected chi connectivity index (χ4v) is 1.83. The van der Waals surface area contributed by atoms with E-state index in [0.29, 0.717) is 16.7 Å². The number of aliphatic hydroxyl groups excluding tert-OH is 1. The summed E-state index contributed by atoms with van der Waals surface area (Å²) in [6, 6.07) is 0. The number of nitrogen functional groups attached to an aromatic ring is 1. The monoisotopic (exact) mass is 244 g/mol. The number of hydrogen-bond acceptors (Lipinski definition) is 6. The molecule has 0 atom stereocenters. The Morgan fingerprint density at radius 2 is 2.19 bits per heavy atom. The summed E-state index contributed by atoms with van der Waals surface area (Å²) in [5.74, 6) is -0.154. The molecule has 1 amide bonds. The highest BCUT2D eigenvalue weighted by Gasteiger charge is 2.15. The first kappa shape index (κ1) is 12.9. The second kappa shape index (κ2) is 6.39. The highest BCUT2D eigenvalue weighted by Crippen LogP contribution is 2.13. The minimum atomic E-state index is -0.154. The van der Waals surface area contributed by atoms with Crippen LogP contribution in [0.3, 0.4) is 0 Å². The molecule has 0 aliphatic heterocycles. The smallest absolute Gasteiger partial charge is 0.284 e. The van der Waals surface area contributed by atoms with E-state index in [1.807, 2.05) is 0 Å². The number of carbonyl (C=O) groups excluding carboxylic acids is 1. The van der Waals surface area contributed by atoms with Crippen molar-refractivity contribution in [2.45, 2.75) is 19.3 Å². The Morgan fingerprint density at radius 1 is 1.44 bits per heavy atom. The molecule has 0 aliphatic rings. The molecular weight excluding hydrogens is 228 g/mol. The van der Waals surface area contributed by atoms with Crippen molar-refractivity contribution in [3.8, 4) is 0 Å². The van der Waals surface area contributed by atoms with Gasteiger partial charge in [0.1, 0.15) is 0 Å². The lowest BCUT2D eigenvalue weighted by Crippen LogP contribution is -2.27. The maximum Gasteiger partial charge on any atom is 0.284 e. The highest BCUT2D eigenvalue weighted by molar-refractivity contribution is 7.16. The zero-order chi connectivity index (χ0) is 12.0. The summed E-state index contributed by atoms with van der Waals surface area (Å²) in [4.78, 5) is 13.3. The van der Waals surface area contributed by atoms with E-state index in [0.717, 1.165) is 30.6 Å². The summed E-state index contributed by atoms with van der Waals surface area (Å²) in [7, 11) is 1.72. The molecule has 7 heteroatoms. The standard InChI is InChI=1S/C9H16N4O2S/c1-13(5-3-2-4-6-14)8(15)7-11-12-9(10)16-7/h14H,2-6H2,1H3,(H2,10,12). The number of carbonyl (C=O) groups is 1. The van der Waals surface area contributed by atoms with E-state index in [1.165, 1.54) is 0 Å². The Morgan fingerprint density at radius 3 is 2.75 bits per heavy atom. The van der Waals surface area contributed by atoms with E-state index in [4.69, 9.17) is 10.8 Å². The minimum absolute atomic E-state index is 0.154. The van der Waals surface area contributed by atoms with Crippen LogP contribution in [0.4, 0.5) is 5.13 Å². The third-order valence-corrected chi connectivity index (χ3v) is 2.86. The number of hydrogen-bond donors (Lipinski definition) is 2. The lowest BCUT2D eigenvalue weighted by Gasteiger charge is -2.14. The van der Waals surface area contributed by atoms with Crippen molar-refractivity contribution in [2.24, 2.45) is 0 Å². The van der Waals surface area contributed by atoms with Crippen molar-refractivity contribution in [1.29, 1.82) is 0 Å². The van der Waals surface area contributed by atoms with Crippen LogP contribution < -0.4 is 5.73 Å². The number of anilines is 1. The number of nitrogens with zero attached hydrogens (tertiary/aromatic N) is 3. The predicted octanol–water partition coefficient (Wildman–Crippen LogP) is 0.355. The first-order valence-electron chi connectivity index (χ1n) is 5.10. The van der Waals surface area contributed by atoms with Crippen molar-refractivity contribution in [3.63, 3.8) is 0 Å². The second-order valence-corrected chi connectivity index (χ2v) is 4.47. The summed E-state index contributed by atoms with van der Waals surface area (Å²) >= 11 is 1.09. The minimum Gasteiger partial charge on any atom is -0.396 e. The number of unbranched alkanes of at least 4 members (excludes halogenated alkanes) is 2. The number of aromatic nitrogens is 2. The second-order valence-electron chi connectivity index (χ2n) is 3.46. The molecule has 0 saturated carbocycles. The first-order chi connectivity index (χ1) is 7.65. The molecular formula is C9H16N4O2S. The van der Waals surface area contributed by atoms with Crippen molar-refractivity contribution in [3.05, 3.63) is 5.01 Å². The number of amides is 1. The van der Waals surface area contributed by atoms with Crippen LogP contribution in [0.15, 0.2) is 0 Å². The SMILES string of the molecule is CN(CCCCCO)C(=O)c1nnc(N)s1. The Labute approximate surface area is 98.1 Å². The molecule has 0 spiro atoms.